The average molecular weight is 238 g/mol. The van der Waals surface area contributed by atoms with E-state index in [4.69, 9.17) is 0 Å². The highest BCUT2D eigenvalue weighted by atomic mass is 16.2. The molecule has 0 radical (unpaired) electrons. The fourth-order valence-electron chi connectivity index (χ4n) is 3.40. The van der Waals surface area contributed by atoms with E-state index in [0.717, 1.165) is 36.8 Å². The van der Waals surface area contributed by atoms with Gasteiger partial charge in [-0.3, -0.25) is 0 Å². The second-order valence-electron chi connectivity index (χ2n) is 6.50. The first kappa shape index (κ1) is 12.7. The Labute approximate surface area is 105 Å². The molecule has 1 heterocycles. The minimum Gasteiger partial charge on any atom is -0.336 e. The molecule has 1 aliphatic heterocycles. The first-order valence-electron chi connectivity index (χ1n) is 7.02. The molecule has 1 unspecified atom stereocenters. The highest BCUT2D eigenvalue weighted by Gasteiger charge is 2.42. The van der Waals surface area contributed by atoms with Gasteiger partial charge in [-0.25, -0.2) is 4.79 Å². The monoisotopic (exact) mass is 238 g/mol. The van der Waals surface area contributed by atoms with E-state index < -0.39 is 0 Å². The fraction of sp³-hybridized carbons (Fsp3) is 0.929. The van der Waals surface area contributed by atoms with Crippen LogP contribution in [-0.2, 0) is 0 Å². The Bertz CT molecular complexity index is 274. The Hall–Kier alpha value is -0.730. The zero-order valence-electron chi connectivity index (χ0n) is 11.6. The molecule has 2 rings (SSSR count). The van der Waals surface area contributed by atoms with E-state index in [9.17, 15) is 4.79 Å². The van der Waals surface area contributed by atoms with E-state index in [-0.39, 0.29) is 12.1 Å². The zero-order valence-corrected chi connectivity index (χ0v) is 11.6. The number of hydrogen-bond acceptors (Lipinski definition) is 1. The highest BCUT2D eigenvalue weighted by molar-refractivity contribution is 5.74. The number of fused-ring (bicyclic) bond motifs is 1. The van der Waals surface area contributed by atoms with E-state index in [1.54, 1.807) is 0 Å². The van der Waals surface area contributed by atoms with Crippen molar-refractivity contribution in [3.8, 4) is 0 Å². The van der Waals surface area contributed by atoms with Crippen molar-refractivity contribution in [3.63, 3.8) is 0 Å². The third-order valence-electron chi connectivity index (χ3n) is 4.43. The number of carbonyl (C=O) groups is 1. The molecule has 0 aromatic carbocycles. The second kappa shape index (κ2) is 4.87. The van der Waals surface area contributed by atoms with Crippen LogP contribution in [0.5, 0.6) is 0 Å². The van der Waals surface area contributed by atoms with Crippen molar-refractivity contribution >= 4 is 6.03 Å². The molecular weight excluding hydrogens is 212 g/mol. The van der Waals surface area contributed by atoms with Crippen LogP contribution >= 0.6 is 0 Å². The topological polar surface area (TPSA) is 32.3 Å². The maximum absolute atomic E-state index is 11.9. The van der Waals surface area contributed by atoms with Crippen molar-refractivity contribution < 1.29 is 4.79 Å². The molecule has 3 atom stereocenters. The summed E-state index contributed by atoms with van der Waals surface area (Å²) in [6.07, 6.45) is 2.65. The van der Waals surface area contributed by atoms with Gasteiger partial charge >= 0.3 is 6.03 Å². The molecule has 2 fully saturated rings. The minimum atomic E-state index is 0.135. The van der Waals surface area contributed by atoms with E-state index in [2.05, 4.69) is 19.2 Å². The Kier molecular flexibility index (Phi) is 3.64. The summed E-state index contributed by atoms with van der Waals surface area (Å²) >= 11 is 0. The molecule has 1 saturated heterocycles. The summed E-state index contributed by atoms with van der Waals surface area (Å²) in [4.78, 5) is 13.9. The van der Waals surface area contributed by atoms with Gasteiger partial charge < -0.3 is 10.2 Å². The number of nitrogens with one attached hydrogen (secondary N) is 1. The zero-order chi connectivity index (χ0) is 12.6. The molecule has 1 saturated carbocycles. The number of amides is 2. The maximum atomic E-state index is 11.9. The molecule has 0 spiro atoms. The van der Waals surface area contributed by atoms with E-state index in [1.165, 1.54) is 12.8 Å². The van der Waals surface area contributed by atoms with E-state index in [0.29, 0.717) is 0 Å². The molecule has 98 valence electrons. The largest absolute Gasteiger partial charge is 0.336 e. The lowest BCUT2D eigenvalue weighted by Gasteiger charge is -2.22. The number of hydrogen-bond donors (Lipinski definition) is 1. The number of carbonyl (C=O) groups excluding carboxylic acids is 1. The van der Waals surface area contributed by atoms with Crippen LogP contribution in [0.2, 0.25) is 0 Å². The van der Waals surface area contributed by atoms with Crippen LogP contribution in [0, 0.1) is 23.7 Å². The second-order valence-corrected chi connectivity index (χ2v) is 6.50. The first-order valence-corrected chi connectivity index (χ1v) is 7.02. The number of rotatable bonds is 2. The van der Waals surface area contributed by atoms with Crippen molar-refractivity contribution in [2.45, 2.75) is 46.6 Å². The Morgan fingerprint density at radius 1 is 1.12 bits per heavy atom. The molecule has 2 amide bonds. The Morgan fingerprint density at radius 2 is 1.65 bits per heavy atom. The highest BCUT2D eigenvalue weighted by Crippen LogP contribution is 2.44. The van der Waals surface area contributed by atoms with Gasteiger partial charge in [-0.1, -0.05) is 13.8 Å². The van der Waals surface area contributed by atoms with Crippen molar-refractivity contribution in [2.75, 3.05) is 13.1 Å². The fourth-order valence-corrected chi connectivity index (χ4v) is 3.40. The molecule has 0 aromatic heterocycles. The van der Waals surface area contributed by atoms with Crippen LogP contribution in [0.4, 0.5) is 4.79 Å². The molecule has 1 aliphatic carbocycles. The van der Waals surface area contributed by atoms with Crippen molar-refractivity contribution in [1.29, 1.82) is 0 Å². The molecular formula is C14H26N2O. The minimum absolute atomic E-state index is 0.135. The number of likely N-dealkylation sites (tertiary alicyclic amines) is 1. The van der Waals surface area contributed by atoms with Gasteiger partial charge in [0.2, 0.25) is 0 Å². The molecule has 3 heteroatoms. The van der Waals surface area contributed by atoms with Crippen LogP contribution in [0.15, 0.2) is 0 Å². The number of nitrogens with zero attached hydrogens (tertiary/aromatic N) is 1. The quantitative estimate of drug-likeness (QED) is 0.788. The summed E-state index contributed by atoms with van der Waals surface area (Å²) in [5.74, 6) is 3.22. The van der Waals surface area contributed by atoms with Gasteiger partial charge in [0.25, 0.3) is 0 Å². The lowest BCUT2D eigenvalue weighted by molar-refractivity contribution is 0.199. The van der Waals surface area contributed by atoms with Gasteiger partial charge in [0.1, 0.15) is 0 Å². The summed E-state index contributed by atoms with van der Waals surface area (Å²) in [6, 6.07) is 0.377. The van der Waals surface area contributed by atoms with Gasteiger partial charge in [0.05, 0.1) is 0 Å². The van der Waals surface area contributed by atoms with Gasteiger partial charge in [-0.2, -0.15) is 0 Å². The molecule has 0 aromatic rings. The maximum Gasteiger partial charge on any atom is 0.317 e. The molecule has 0 bridgehead atoms. The average Bonchev–Trinajstić information content (AvgIpc) is 2.71. The van der Waals surface area contributed by atoms with Gasteiger partial charge in [-0.15, -0.1) is 0 Å². The van der Waals surface area contributed by atoms with Crippen LogP contribution in [0.3, 0.4) is 0 Å². The lowest BCUT2D eigenvalue weighted by atomic mass is 9.93. The molecule has 17 heavy (non-hydrogen) atoms. The summed E-state index contributed by atoms with van der Waals surface area (Å²) in [5, 5.41) is 2.99. The predicted octanol–water partition coefficient (Wildman–Crippen LogP) is 2.72. The Morgan fingerprint density at radius 3 is 2.06 bits per heavy atom. The summed E-state index contributed by atoms with van der Waals surface area (Å²) < 4.78 is 0. The summed E-state index contributed by atoms with van der Waals surface area (Å²) in [6.45, 7) is 10.6. The van der Waals surface area contributed by atoms with Crippen LogP contribution in [0.1, 0.15) is 40.5 Å². The van der Waals surface area contributed by atoms with Crippen molar-refractivity contribution in [2.24, 2.45) is 23.7 Å². The molecule has 1 N–H and O–H groups in total. The lowest BCUT2D eigenvalue weighted by Crippen LogP contribution is -2.42. The third kappa shape index (κ3) is 2.75. The smallest absolute Gasteiger partial charge is 0.317 e. The van der Waals surface area contributed by atoms with E-state index in [1.807, 2.05) is 18.7 Å². The van der Waals surface area contributed by atoms with Crippen molar-refractivity contribution in [3.05, 3.63) is 0 Å². The normalized spacial score (nSPS) is 32.4. The van der Waals surface area contributed by atoms with Crippen LogP contribution in [0.25, 0.3) is 0 Å². The Balaban J connectivity index is 1.85. The van der Waals surface area contributed by atoms with Gasteiger partial charge in [-0.05, 0) is 50.4 Å². The standard InChI is InChI=1S/C14H26N2O/c1-9(2)11-5-12-7-16(8-13(12)6-11)14(17)15-10(3)4/h9-13H,5-8H2,1-4H3,(H,15,17)/t11?,12-,13+. The molecule has 3 nitrogen and oxygen atoms in total. The van der Waals surface area contributed by atoms with E-state index >= 15 is 0 Å². The predicted molar refractivity (Wildman–Crippen MR) is 69.8 cm³/mol. The van der Waals surface area contributed by atoms with Crippen LogP contribution in [-0.4, -0.2) is 30.1 Å². The van der Waals surface area contributed by atoms with Crippen molar-refractivity contribution in [1.82, 2.24) is 10.2 Å². The van der Waals surface area contributed by atoms with Gasteiger partial charge in [0.15, 0.2) is 0 Å². The summed E-state index contributed by atoms with van der Waals surface area (Å²) in [5.41, 5.74) is 0. The SMILES string of the molecule is CC(C)NC(=O)N1C[C@H]2CC(C(C)C)C[C@H]2C1. The summed E-state index contributed by atoms with van der Waals surface area (Å²) in [7, 11) is 0. The van der Waals surface area contributed by atoms with Gasteiger partial charge in [0, 0.05) is 19.1 Å². The number of urea groups is 1. The third-order valence-corrected chi connectivity index (χ3v) is 4.43. The first-order chi connectivity index (χ1) is 7.97. The van der Waals surface area contributed by atoms with Crippen LogP contribution < -0.4 is 5.32 Å². The molecule has 2 aliphatic rings.